The normalized spacial score (nSPS) is 10.5. The molecule has 1 aromatic heterocycles. The summed E-state index contributed by atoms with van der Waals surface area (Å²) in [5, 5.41) is 2.75. The molecule has 0 saturated carbocycles. The maximum Gasteiger partial charge on any atom is 0.223 e. The zero-order chi connectivity index (χ0) is 13.3. The summed E-state index contributed by atoms with van der Waals surface area (Å²) in [6.07, 6.45) is 0. The van der Waals surface area contributed by atoms with Crippen molar-refractivity contribution in [1.29, 1.82) is 0 Å². The average Bonchev–Trinajstić information content (AvgIpc) is 2.34. The number of aryl methyl sites for hydroxylation is 1. The molecule has 94 valence electrons. The quantitative estimate of drug-likeness (QED) is 0.862. The van der Waals surface area contributed by atoms with Gasteiger partial charge in [0, 0.05) is 12.7 Å². The molecule has 18 heavy (non-hydrogen) atoms. The topological polar surface area (TPSA) is 37.8 Å². The van der Waals surface area contributed by atoms with E-state index in [9.17, 15) is 8.78 Å². The van der Waals surface area contributed by atoms with Crippen LogP contribution in [0.5, 0.6) is 0 Å². The van der Waals surface area contributed by atoms with E-state index in [4.69, 9.17) is 0 Å². The summed E-state index contributed by atoms with van der Waals surface area (Å²) < 4.78 is 27.9. The molecule has 1 heterocycles. The van der Waals surface area contributed by atoms with Crippen molar-refractivity contribution < 1.29 is 8.78 Å². The van der Waals surface area contributed by atoms with Gasteiger partial charge in [0.1, 0.15) is 11.6 Å². The molecule has 0 spiro atoms. The molecule has 0 saturated heterocycles. The average molecular weight is 314 g/mol. The number of nitrogens with zero attached hydrogens (tertiary/aromatic N) is 2. The van der Waals surface area contributed by atoms with Crippen LogP contribution in [0.4, 0.5) is 14.7 Å². The minimum absolute atomic E-state index is 0.161. The molecule has 0 radical (unpaired) electrons. The van der Waals surface area contributed by atoms with Gasteiger partial charge in [-0.25, -0.2) is 18.7 Å². The fourth-order valence-corrected chi connectivity index (χ4v) is 1.90. The molecule has 0 amide bonds. The van der Waals surface area contributed by atoms with Gasteiger partial charge in [-0.1, -0.05) is 0 Å². The van der Waals surface area contributed by atoms with Crippen LogP contribution in [0.2, 0.25) is 0 Å². The van der Waals surface area contributed by atoms with E-state index < -0.39 is 11.6 Å². The molecule has 0 aliphatic rings. The molecular formula is C12H10BrF2N3. The number of aromatic nitrogens is 2. The summed E-state index contributed by atoms with van der Waals surface area (Å²) in [5.74, 6) is -1.00. The van der Waals surface area contributed by atoms with Crippen molar-refractivity contribution in [3.8, 4) is 11.3 Å². The Bertz CT molecular complexity index is 602. The Morgan fingerprint density at radius 2 is 1.94 bits per heavy atom. The van der Waals surface area contributed by atoms with Crippen molar-refractivity contribution in [1.82, 2.24) is 9.97 Å². The van der Waals surface area contributed by atoms with Gasteiger partial charge in [0.2, 0.25) is 5.95 Å². The Hall–Kier alpha value is -1.56. The number of halogens is 3. The largest absolute Gasteiger partial charge is 0.357 e. The standard InChI is InChI=1S/C12H10BrF2N3/c1-6-5-9(18-12(16-2)17-6)10-8(14)4-3-7(13)11(10)15/h3-5H,1-2H3,(H,16,17,18). The number of hydrogen-bond acceptors (Lipinski definition) is 3. The van der Waals surface area contributed by atoms with Gasteiger partial charge >= 0.3 is 0 Å². The van der Waals surface area contributed by atoms with Crippen molar-refractivity contribution in [3.63, 3.8) is 0 Å². The van der Waals surface area contributed by atoms with E-state index in [0.29, 0.717) is 11.6 Å². The van der Waals surface area contributed by atoms with E-state index >= 15 is 0 Å². The van der Waals surface area contributed by atoms with Crippen molar-refractivity contribution in [2.24, 2.45) is 0 Å². The van der Waals surface area contributed by atoms with Gasteiger partial charge in [-0.05, 0) is 41.1 Å². The Balaban J connectivity index is 2.69. The lowest BCUT2D eigenvalue weighted by Crippen LogP contribution is -2.01. The van der Waals surface area contributed by atoms with Gasteiger partial charge < -0.3 is 5.32 Å². The predicted molar refractivity (Wildman–Crippen MR) is 69.4 cm³/mol. The highest BCUT2D eigenvalue weighted by Gasteiger charge is 2.16. The molecule has 0 bridgehead atoms. The molecule has 2 aromatic rings. The summed E-state index contributed by atoms with van der Waals surface area (Å²) in [5.41, 5.74) is 0.678. The monoisotopic (exact) mass is 313 g/mol. The number of benzene rings is 1. The zero-order valence-electron chi connectivity index (χ0n) is 9.76. The third kappa shape index (κ3) is 2.33. The SMILES string of the molecule is CNc1nc(C)cc(-c2c(F)ccc(Br)c2F)n1. The predicted octanol–water partition coefficient (Wildman–Crippen LogP) is 3.53. The van der Waals surface area contributed by atoms with Crippen LogP contribution in [0.15, 0.2) is 22.7 Å². The first-order valence-corrected chi connectivity index (χ1v) is 5.99. The Labute approximate surface area is 111 Å². The summed E-state index contributed by atoms with van der Waals surface area (Å²) >= 11 is 3.03. The highest BCUT2D eigenvalue weighted by Crippen LogP contribution is 2.30. The lowest BCUT2D eigenvalue weighted by Gasteiger charge is -2.08. The molecule has 0 aliphatic carbocycles. The van der Waals surface area contributed by atoms with E-state index in [1.807, 2.05) is 0 Å². The first kappa shape index (κ1) is 12.9. The van der Waals surface area contributed by atoms with Crippen LogP contribution in [0, 0.1) is 18.6 Å². The summed E-state index contributed by atoms with van der Waals surface area (Å²) in [6.45, 7) is 1.74. The number of rotatable bonds is 2. The third-order valence-electron chi connectivity index (χ3n) is 2.38. The van der Waals surface area contributed by atoms with Gasteiger partial charge in [0.15, 0.2) is 0 Å². The van der Waals surface area contributed by atoms with Crippen LogP contribution in [-0.4, -0.2) is 17.0 Å². The molecule has 0 unspecified atom stereocenters. The van der Waals surface area contributed by atoms with E-state index in [0.717, 1.165) is 0 Å². The molecule has 2 rings (SSSR count). The molecule has 1 N–H and O–H groups in total. The van der Waals surface area contributed by atoms with Crippen LogP contribution < -0.4 is 5.32 Å². The minimum atomic E-state index is -0.671. The Morgan fingerprint density at radius 3 is 2.61 bits per heavy atom. The second-order valence-electron chi connectivity index (χ2n) is 3.69. The van der Waals surface area contributed by atoms with Crippen LogP contribution in [0.1, 0.15) is 5.69 Å². The molecule has 6 heteroatoms. The lowest BCUT2D eigenvalue weighted by molar-refractivity contribution is 0.584. The molecule has 3 nitrogen and oxygen atoms in total. The lowest BCUT2D eigenvalue weighted by atomic mass is 10.1. The molecule has 0 atom stereocenters. The van der Waals surface area contributed by atoms with Gasteiger partial charge in [-0.2, -0.15) is 0 Å². The molecule has 0 aliphatic heterocycles. The smallest absolute Gasteiger partial charge is 0.223 e. The Morgan fingerprint density at radius 1 is 1.22 bits per heavy atom. The van der Waals surface area contributed by atoms with Crippen LogP contribution >= 0.6 is 15.9 Å². The van der Waals surface area contributed by atoms with Crippen molar-refractivity contribution in [2.45, 2.75) is 6.92 Å². The maximum absolute atomic E-state index is 13.9. The second-order valence-corrected chi connectivity index (χ2v) is 4.54. The first-order valence-electron chi connectivity index (χ1n) is 5.20. The van der Waals surface area contributed by atoms with Crippen LogP contribution in [0.25, 0.3) is 11.3 Å². The van der Waals surface area contributed by atoms with E-state index in [1.165, 1.54) is 18.2 Å². The van der Waals surface area contributed by atoms with Gasteiger partial charge in [0.05, 0.1) is 15.7 Å². The van der Waals surface area contributed by atoms with E-state index in [1.54, 1.807) is 14.0 Å². The van der Waals surface area contributed by atoms with Gasteiger partial charge in [-0.3, -0.25) is 0 Å². The van der Waals surface area contributed by atoms with Crippen molar-refractivity contribution >= 4 is 21.9 Å². The van der Waals surface area contributed by atoms with Crippen LogP contribution in [-0.2, 0) is 0 Å². The number of nitrogens with one attached hydrogen (secondary N) is 1. The van der Waals surface area contributed by atoms with Gasteiger partial charge in [0.25, 0.3) is 0 Å². The van der Waals surface area contributed by atoms with Crippen molar-refractivity contribution in [2.75, 3.05) is 12.4 Å². The number of anilines is 1. The first-order chi connectivity index (χ1) is 8.52. The maximum atomic E-state index is 13.9. The number of hydrogen-bond donors (Lipinski definition) is 1. The van der Waals surface area contributed by atoms with E-state index in [2.05, 4.69) is 31.2 Å². The van der Waals surface area contributed by atoms with E-state index in [-0.39, 0.29) is 15.7 Å². The summed E-state index contributed by atoms with van der Waals surface area (Å²) in [4.78, 5) is 8.14. The minimum Gasteiger partial charge on any atom is -0.357 e. The van der Waals surface area contributed by atoms with Crippen molar-refractivity contribution in [3.05, 3.63) is 40.0 Å². The molecule has 0 fully saturated rings. The van der Waals surface area contributed by atoms with Gasteiger partial charge in [-0.15, -0.1) is 0 Å². The second kappa shape index (κ2) is 4.97. The summed E-state index contributed by atoms with van der Waals surface area (Å²) in [6, 6.07) is 4.05. The van der Waals surface area contributed by atoms with Crippen LogP contribution in [0.3, 0.4) is 0 Å². The summed E-state index contributed by atoms with van der Waals surface area (Å²) in [7, 11) is 1.65. The highest BCUT2D eigenvalue weighted by atomic mass is 79.9. The highest BCUT2D eigenvalue weighted by molar-refractivity contribution is 9.10. The Kier molecular flexibility index (Phi) is 3.56. The fraction of sp³-hybridized carbons (Fsp3) is 0.167. The zero-order valence-corrected chi connectivity index (χ0v) is 11.3. The third-order valence-corrected chi connectivity index (χ3v) is 2.99. The molecule has 1 aromatic carbocycles. The molecular weight excluding hydrogens is 304 g/mol. The fourth-order valence-electron chi connectivity index (χ4n) is 1.57.